The van der Waals surface area contributed by atoms with Crippen molar-refractivity contribution >= 4 is 29.3 Å². The molecule has 2 aliphatic rings. The van der Waals surface area contributed by atoms with E-state index in [9.17, 15) is 14.0 Å². The topological polar surface area (TPSA) is 70.7 Å². The Morgan fingerprint density at radius 2 is 1.93 bits per heavy atom. The van der Waals surface area contributed by atoms with E-state index in [1.165, 1.54) is 12.1 Å². The molecule has 6 nitrogen and oxygen atoms in total. The summed E-state index contributed by atoms with van der Waals surface area (Å²) in [6.07, 6.45) is 1.33. The van der Waals surface area contributed by atoms with Crippen LogP contribution in [-0.2, 0) is 14.3 Å². The summed E-state index contributed by atoms with van der Waals surface area (Å²) in [7, 11) is 0. The van der Waals surface area contributed by atoms with E-state index >= 15 is 0 Å². The fraction of sp³-hybridized carbons (Fsp3) is 0.364. The summed E-state index contributed by atoms with van der Waals surface area (Å²) in [5.41, 5.74) is 7.68. The van der Waals surface area contributed by atoms with Crippen LogP contribution >= 0.6 is 11.8 Å². The van der Waals surface area contributed by atoms with Gasteiger partial charge in [-0.25, -0.2) is 15.2 Å². The number of nitrogens with one attached hydrogen (secondary N) is 2. The van der Waals surface area contributed by atoms with E-state index in [0.717, 1.165) is 22.6 Å². The van der Waals surface area contributed by atoms with Crippen LogP contribution in [0.25, 0.3) is 0 Å². The molecule has 2 heterocycles. The number of para-hydroxylation sites is 1. The summed E-state index contributed by atoms with van der Waals surface area (Å²) >= 11 is 1.75. The first-order valence-corrected chi connectivity index (χ1v) is 10.9. The minimum Gasteiger partial charge on any atom is -0.454 e. The first-order chi connectivity index (χ1) is 14.5. The lowest BCUT2D eigenvalue weighted by molar-refractivity contribution is -0.149. The van der Waals surface area contributed by atoms with Crippen LogP contribution in [0.3, 0.4) is 0 Å². The van der Waals surface area contributed by atoms with Gasteiger partial charge in [-0.15, -0.1) is 11.8 Å². The van der Waals surface area contributed by atoms with Gasteiger partial charge in [-0.1, -0.05) is 31.2 Å². The number of benzene rings is 2. The average Bonchev–Trinajstić information content (AvgIpc) is 3.17. The van der Waals surface area contributed by atoms with Gasteiger partial charge in [0.25, 0.3) is 5.91 Å². The van der Waals surface area contributed by atoms with Crippen LogP contribution in [0, 0.1) is 5.82 Å². The molecule has 3 atom stereocenters. The fourth-order valence-corrected chi connectivity index (χ4v) is 4.79. The van der Waals surface area contributed by atoms with Crippen molar-refractivity contribution in [3.63, 3.8) is 0 Å². The molecule has 1 amide bonds. The third-order valence-corrected chi connectivity index (χ3v) is 6.58. The molecule has 0 aromatic heterocycles. The summed E-state index contributed by atoms with van der Waals surface area (Å²) in [6.45, 7) is 2.44. The van der Waals surface area contributed by atoms with Gasteiger partial charge in [0.2, 0.25) is 0 Å². The molecule has 0 bridgehead atoms. The van der Waals surface area contributed by atoms with Crippen molar-refractivity contribution in [2.45, 2.75) is 42.0 Å². The second-order valence-electron chi connectivity index (χ2n) is 7.52. The molecule has 2 aromatic rings. The van der Waals surface area contributed by atoms with Crippen LogP contribution in [0.1, 0.15) is 31.4 Å². The van der Waals surface area contributed by atoms with Crippen LogP contribution in [0.2, 0.25) is 0 Å². The maximum Gasteiger partial charge on any atom is 0.325 e. The minimum atomic E-state index is -0.570. The van der Waals surface area contributed by atoms with Gasteiger partial charge in [-0.3, -0.25) is 9.59 Å². The number of halogens is 1. The van der Waals surface area contributed by atoms with Gasteiger partial charge in [0.05, 0.1) is 5.69 Å². The summed E-state index contributed by atoms with van der Waals surface area (Å²) in [6, 6.07) is 13.2. The zero-order valence-electron chi connectivity index (χ0n) is 16.6. The number of anilines is 1. The van der Waals surface area contributed by atoms with Crippen LogP contribution < -0.4 is 15.8 Å². The Balaban J connectivity index is 1.34. The molecule has 8 heteroatoms. The molecule has 2 aliphatic heterocycles. The summed E-state index contributed by atoms with van der Waals surface area (Å²) in [5, 5.41) is 0.406. The Kier molecular flexibility index (Phi) is 6.36. The Bertz CT molecular complexity index is 924. The molecule has 2 N–H and O–H groups in total. The maximum absolute atomic E-state index is 13.1. The lowest BCUT2D eigenvalue weighted by Gasteiger charge is -2.22. The van der Waals surface area contributed by atoms with Gasteiger partial charge in [-0.2, -0.15) is 0 Å². The third-order valence-electron chi connectivity index (χ3n) is 5.34. The van der Waals surface area contributed by atoms with Gasteiger partial charge < -0.3 is 9.64 Å². The Morgan fingerprint density at radius 1 is 1.17 bits per heavy atom. The summed E-state index contributed by atoms with van der Waals surface area (Å²) in [4.78, 5) is 28.1. The van der Waals surface area contributed by atoms with E-state index in [2.05, 4.69) is 17.8 Å². The molecule has 0 aliphatic carbocycles. The number of esters is 1. The number of hydrazine groups is 1. The van der Waals surface area contributed by atoms with Crippen LogP contribution in [-0.4, -0.2) is 36.3 Å². The van der Waals surface area contributed by atoms with Crippen molar-refractivity contribution in [1.29, 1.82) is 0 Å². The monoisotopic (exact) mass is 429 g/mol. The molecule has 0 radical (unpaired) electrons. The molecule has 1 fully saturated rings. The van der Waals surface area contributed by atoms with Gasteiger partial charge in [0.1, 0.15) is 11.9 Å². The lowest BCUT2D eigenvalue weighted by Crippen LogP contribution is -2.40. The number of thioether (sulfide) groups is 1. The summed E-state index contributed by atoms with van der Waals surface area (Å²) < 4.78 is 18.4. The Hall–Kier alpha value is -2.42. The van der Waals surface area contributed by atoms with Crippen LogP contribution in [0.15, 0.2) is 53.4 Å². The van der Waals surface area contributed by atoms with Crippen molar-refractivity contribution in [3.8, 4) is 0 Å². The van der Waals surface area contributed by atoms with Crippen LogP contribution in [0.5, 0.6) is 0 Å². The highest BCUT2D eigenvalue weighted by atomic mass is 32.2. The number of hydrogen-bond donors (Lipinski definition) is 2. The van der Waals surface area contributed by atoms with E-state index in [1.54, 1.807) is 28.8 Å². The van der Waals surface area contributed by atoms with Gasteiger partial charge in [-0.05, 0) is 42.7 Å². The van der Waals surface area contributed by atoms with E-state index in [0.29, 0.717) is 18.2 Å². The van der Waals surface area contributed by atoms with Gasteiger partial charge in [0, 0.05) is 22.7 Å². The Morgan fingerprint density at radius 3 is 2.73 bits per heavy atom. The normalized spacial score (nSPS) is 23.5. The quantitative estimate of drug-likeness (QED) is 0.728. The number of carbonyl (C=O) groups is 2. The number of carbonyl (C=O) groups excluding carboxylic acids is 2. The molecular formula is C22H24FN3O3S. The van der Waals surface area contributed by atoms with Crippen molar-refractivity contribution in [2.75, 3.05) is 18.1 Å². The van der Waals surface area contributed by atoms with Crippen molar-refractivity contribution in [2.24, 2.45) is 0 Å². The van der Waals surface area contributed by atoms with Gasteiger partial charge in [0.15, 0.2) is 6.61 Å². The number of fused-ring (bicyclic) bond motifs is 1. The molecule has 4 rings (SSSR count). The minimum absolute atomic E-state index is 0.130. The second kappa shape index (κ2) is 9.16. The highest BCUT2D eigenvalue weighted by molar-refractivity contribution is 8.00. The molecule has 158 valence electrons. The average molecular weight is 430 g/mol. The third kappa shape index (κ3) is 4.66. The molecule has 0 spiro atoms. The number of amides is 1. The molecule has 1 saturated heterocycles. The van der Waals surface area contributed by atoms with Gasteiger partial charge >= 0.3 is 5.97 Å². The number of rotatable bonds is 4. The highest BCUT2D eigenvalue weighted by Gasteiger charge is 2.32. The van der Waals surface area contributed by atoms with Crippen molar-refractivity contribution in [1.82, 2.24) is 10.9 Å². The zero-order chi connectivity index (χ0) is 21.1. The Labute approximate surface area is 179 Å². The standard InChI is InChI=1S/C22H24FN3O3S/c1-14-10-11-26(19-4-2-3-5-20(19)30-14)21(27)13-29-22(28)18-12-17(24-25-18)15-6-8-16(23)9-7-15/h2-9,14,17-18,24-25H,10-13H2,1H3. The van der Waals surface area contributed by atoms with E-state index < -0.39 is 12.0 Å². The fourth-order valence-electron chi connectivity index (χ4n) is 3.68. The molecule has 3 unspecified atom stereocenters. The molecule has 0 saturated carbocycles. The SMILES string of the molecule is CC1CCN(C(=O)COC(=O)C2CC(c3ccc(F)cc3)NN2)c2ccccc2S1. The second-order valence-corrected chi connectivity index (χ2v) is 9.00. The predicted molar refractivity (Wildman–Crippen MR) is 114 cm³/mol. The number of hydrogen-bond acceptors (Lipinski definition) is 6. The molecule has 2 aromatic carbocycles. The van der Waals surface area contributed by atoms with Crippen LogP contribution in [0.4, 0.5) is 10.1 Å². The number of nitrogens with zero attached hydrogens (tertiary/aromatic N) is 1. The zero-order valence-corrected chi connectivity index (χ0v) is 17.5. The largest absolute Gasteiger partial charge is 0.454 e. The van der Waals surface area contributed by atoms with E-state index in [4.69, 9.17) is 4.74 Å². The van der Waals surface area contributed by atoms with Crippen molar-refractivity contribution in [3.05, 3.63) is 59.9 Å². The first kappa shape index (κ1) is 20.8. The number of ether oxygens (including phenoxy) is 1. The molecular weight excluding hydrogens is 405 g/mol. The van der Waals surface area contributed by atoms with Crippen molar-refractivity contribution < 1.29 is 18.7 Å². The van der Waals surface area contributed by atoms with E-state index in [-0.39, 0.29) is 24.4 Å². The predicted octanol–water partition coefficient (Wildman–Crippen LogP) is 3.19. The smallest absolute Gasteiger partial charge is 0.325 e. The summed E-state index contributed by atoms with van der Waals surface area (Å²) in [5.74, 6) is -1.01. The lowest BCUT2D eigenvalue weighted by atomic mass is 10.0. The highest BCUT2D eigenvalue weighted by Crippen LogP contribution is 2.37. The molecule has 30 heavy (non-hydrogen) atoms. The van der Waals surface area contributed by atoms with E-state index in [1.807, 2.05) is 24.3 Å². The first-order valence-electron chi connectivity index (χ1n) is 10.0. The maximum atomic E-state index is 13.1.